The molecule has 0 saturated carbocycles. The Kier molecular flexibility index (Phi) is 11.8. The molecule has 0 spiro atoms. The van der Waals surface area contributed by atoms with Gasteiger partial charge in [0.15, 0.2) is 11.9 Å². The number of sulfonamides is 1. The number of aliphatic carboxylic acids is 1. The Hall–Kier alpha value is -5.45. The lowest BCUT2D eigenvalue weighted by molar-refractivity contribution is -0.151. The van der Waals surface area contributed by atoms with E-state index in [4.69, 9.17) is 15.2 Å². The van der Waals surface area contributed by atoms with Crippen LogP contribution in [0, 0.1) is 0 Å². The first-order valence-electron chi connectivity index (χ1n) is 15.0. The number of rotatable bonds is 12. The number of methoxy groups -OCH3 is 2. The van der Waals surface area contributed by atoms with Crippen molar-refractivity contribution in [2.75, 3.05) is 36.2 Å². The van der Waals surface area contributed by atoms with Crippen molar-refractivity contribution in [2.45, 2.75) is 27.6 Å². The number of hydrogen-bond acceptors (Lipinski definition) is 16. The summed E-state index contributed by atoms with van der Waals surface area (Å²) >= 11 is 2.64. The lowest BCUT2D eigenvalue weighted by atomic mass is 10.0. The number of nitrogen functional groups attached to an aromatic ring is 1. The van der Waals surface area contributed by atoms with Crippen LogP contribution in [-0.4, -0.2) is 109 Å². The van der Waals surface area contributed by atoms with E-state index in [0.29, 0.717) is 33.5 Å². The van der Waals surface area contributed by atoms with Crippen LogP contribution >= 0.6 is 23.5 Å². The number of carbonyl (C=O) groups is 3. The van der Waals surface area contributed by atoms with E-state index in [1.165, 1.54) is 77.7 Å². The molecular formula is C30H32N10O9S3. The van der Waals surface area contributed by atoms with Crippen molar-refractivity contribution < 1.29 is 42.5 Å². The van der Waals surface area contributed by atoms with Gasteiger partial charge < -0.3 is 30.7 Å². The van der Waals surface area contributed by atoms with Gasteiger partial charge >= 0.3 is 12.0 Å². The van der Waals surface area contributed by atoms with Crippen LogP contribution in [0.25, 0.3) is 0 Å². The second kappa shape index (κ2) is 16.3. The quantitative estimate of drug-likeness (QED) is 0.0752. The number of carboxylic acids is 1. The summed E-state index contributed by atoms with van der Waals surface area (Å²) < 4.78 is 38.1. The van der Waals surface area contributed by atoms with Crippen molar-refractivity contribution in [2.24, 2.45) is 7.05 Å². The van der Waals surface area contributed by atoms with E-state index < -0.39 is 45.3 Å². The molecule has 22 heteroatoms. The summed E-state index contributed by atoms with van der Waals surface area (Å²) in [5, 5.41) is 33.6. The first kappa shape index (κ1) is 37.8. The van der Waals surface area contributed by atoms with Crippen molar-refractivity contribution in [1.82, 2.24) is 40.4 Å². The maximum absolute atomic E-state index is 12.7. The van der Waals surface area contributed by atoms with Gasteiger partial charge in [0.2, 0.25) is 11.0 Å². The van der Waals surface area contributed by atoms with Gasteiger partial charge in [-0.05, 0) is 45.8 Å². The van der Waals surface area contributed by atoms with E-state index in [1.807, 2.05) is 0 Å². The molecule has 19 nitrogen and oxygen atoms in total. The molecule has 0 radical (unpaired) electrons. The number of benzene rings is 2. The van der Waals surface area contributed by atoms with Crippen molar-refractivity contribution in [3.8, 4) is 11.9 Å². The molecule has 52 heavy (non-hydrogen) atoms. The Balaban J connectivity index is 0.000000217. The number of anilines is 2. The lowest BCUT2D eigenvalue weighted by Crippen LogP contribution is -2.70. The third-order valence-corrected chi connectivity index (χ3v) is 11.2. The smallest absolute Gasteiger partial charge is 0.352 e. The van der Waals surface area contributed by atoms with Gasteiger partial charge in [0.1, 0.15) is 17.1 Å². The summed E-state index contributed by atoms with van der Waals surface area (Å²) in [6.07, 6.45) is -1.42. The molecule has 0 unspecified atom stereocenters. The van der Waals surface area contributed by atoms with Gasteiger partial charge in [-0.1, -0.05) is 42.1 Å². The maximum Gasteiger partial charge on any atom is 0.352 e. The first-order chi connectivity index (χ1) is 24.8. The molecule has 4 aromatic rings. The summed E-state index contributed by atoms with van der Waals surface area (Å²) in [6.45, 7) is 0. The Labute approximate surface area is 305 Å². The number of amides is 2. The standard InChI is InChI=1S/C18H18N6O5S2.C12H14N4O4S/c1-23-18(20-21-22-23)31-8-10-7-30-16-11(15(27)24(16)12(10)17(28)29)19-14(26)13(25)9-5-3-2-4-6-9;1-19-11-7-10(14-12(15-11)20-2)16-21(17,18)9-5-3-8(13)4-6-9/h2-6,11,13,16,25H,7-8H2,1H3,(H,19,26)(H,28,29);3-7H,13H2,1-2H3,(H,14,15,16)/t11-,13-,16-;/m1./s1. The molecular weight excluding hydrogens is 741 g/mol. The fourth-order valence-electron chi connectivity index (χ4n) is 4.80. The predicted octanol–water partition coefficient (Wildman–Crippen LogP) is 0.651. The highest BCUT2D eigenvalue weighted by atomic mass is 32.2. The normalized spacial score (nSPS) is 17.2. The van der Waals surface area contributed by atoms with E-state index in [9.17, 15) is 33.0 Å². The van der Waals surface area contributed by atoms with Crippen LogP contribution in [-0.2, 0) is 31.5 Å². The Morgan fingerprint density at radius 2 is 1.83 bits per heavy atom. The van der Waals surface area contributed by atoms with E-state index in [2.05, 4.69) is 35.5 Å². The molecule has 4 heterocycles. The molecule has 1 saturated heterocycles. The highest BCUT2D eigenvalue weighted by Gasteiger charge is 2.54. The predicted molar refractivity (Wildman–Crippen MR) is 187 cm³/mol. The zero-order valence-corrected chi connectivity index (χ0v) is 30.1. The van der Waals surface area contributed by atoms with Crippen LogP contribution < -0.4 is 25.2 Å². The third kappa shape index (κ3) is 8.53. The van der Waals surface area contributed by atoms with Gasteiger partial charge in [-0.15, -0.1) is 16.9 Å². The fraction of sp³-hybridized carbons (Fsp3) is 0.267. The SMILES string of the molecule is COc1cc(NS(=O)(=O)c2ccc(N)cc2)nc(OC)n1.Cn1nnnc1SCC1=C(C(=O)O)N2C(=O)[C@@H](NC(=O)[C@H](O)c3ccccc3)[C@H]2SC1. The number of β-lactam (4-membered cyclic amide) rings is 1. The molecule has 2 aromatic carbocycles. The Morgan fingerprint density at radius 3 is 2.44 bits per heavy atom. The number of aryl methyl sites for hydroxylation is 1. The summed E-state index contributed by atoms with van der Waals surface area (Å²) in [7, 11) is 0.661. The molecule has 2 aliphatic heterocycles. The number of ether oxygens (including phenoxy) is 2. The van der Waals surface area contributed by atoms with E-state index in [1.54, 1.807) is 37.4 Å². The van der Waals surface area contributed by atoms with E-state index in [0.717, 1.165) is 0 Å². The van der Waals surface area contributed by atoms with Gasteiger partial charge in [0.25, 0.3) is 21.8 Å². The minimum atomic E-state index is -3.79. The zero-order chi connectivity index (χ0) is 37.6. The van der Waals surface area contributed by atoms with Gasteiger partial charge in [0, 0.05) is 30.3 Å². The van der Waals surface area contributed by atoms with Crippen LogP contribution in [0.1, 0.15) is 11.7 Å². The van der Waals surface area contributed by atoms with Crippen molar-refractivity contribution in [1.29, 1.82) is 0 Å². The summed E-state index contributed by atoms with van der Waals surface area (Å²) in [5.41, 5.74) is 6.90. The molecule has 1 fully saturated rings. The summed E-state index contributed by atoms with van der Waals surface area (Å²) in [5.74, 6) is -1.54. The van der Waals surface area contributed by atoms with Crippen molar-refractivity contribution in [3.63, 3.8) is 0 Å². The molecule has 0 bridgehead atoms. The van der Waals surface area contributed by atoms with Crippen molar-refractivity contribution in [3.05, 3.63) is 77.5 Å². The number of carbonyl (C=O) groups excluding carboxylic acids is 2. The molecule has 3 atom stereocenters. The number of aliphatic hydroxyl groups excluding tert-OH is 1. The average molecular weight is 773 g/mol. The summed E-state index contributed by atoms with van der Waals surface area (Å²) in [6, 6.07) is 14.6. The number of aliphatic hydroxyl groups is 1. The average Bonchev–Trinajstić information content (AvgIpc) is 3.56. The molecule has 2 aromatic heterocycles. The largest absolute Gasteiger partial charge is 0.481 e. The molecule has 0 aliphatic carbocycles. The van der Waals surface area contributed by atoms with Crippen LogP contribution in [0.3, 0.4) is 0 Å². The lowest BCUT2D eigenvalue weighted by Gasteiger charge is -2.49. The van der Waals surface area contributed by atoms with Gasteiger partial charge in [0.05, 0.1) is 19.1 Å². The monoisotopic (exact) mass is 772 g/mol. The molecule has 274 valence electrons. The minimum absolute atomic E-state index is 0.00986. The molecule has 6 N–H and O–H groups in total. The number of aromatic nitrogens is 6. The Bertz CT molecular complexity index is 2060. The van der Waals surface area contributed by atoms with Crippen LogP contribution in [0.2, 0.25) is 0 Å². The fourth-order valence-corrected chi connectivity index (χ4v) is 8.13. The number of nitrogens with one attached hydrogen (secondary N) is 2. The van der Waals surface area contributed by atoms with Gasteiger partial charge in [-0.3, -0.25) is 19.2 Å². The first-order valence-corrected chi connectivity index (χ1v) is 18.5. The Morgan fingerprint density at radius 1 is 1.12 bits per heavy atom. The summed E-state index contributed by atoms with van der Waals surface area (Å²) in [4.78, 5) is 46.1. The molecule has 6 rings (SSSR count). The second-order valence-corrected chi connectivity index (χ2v) is 14.5. The highest BCUT2D eigenvalue weighted by Crippen LogP contribution is 2.41. The second-order valence-electron chi connectivity index (χ2n) is 10.8. The van der Waals surface area contributed by atoms with E-state index >= 15 is 0 Å². The molecule has 2 amide bonds. The number of nitrogens with zero attached hydrogens (tertiary/aromatic N) is 7. The minimum Gasteiger partial charge on any atom is -0.481 e. The van der Waals surface area contributed by atoms with Crippen LogP contribution in [0.5, 0.6) is 11.9 Å². The zero-order valence-electron chi connectivity index (χ0n) is 27.6. The van der Waals surface area contributed by atoms with Crippen molar-refractivity contribution >= 4 is 62.8 Å². The highest BCUT2D eigenvalue weighted by molar-refractivity contribution is 8.01. The number of thioether (sulfide) groups is 2. The van der Waals surface area contributed by atoms with Crippen LogP contribution in [0.15, 0.2) is 82.0 Å². The number of tetrazole rings is 1. The number of nitrogens with two attached hydrogens (primary N) is 1. The van der Waals surface area contributed by atoms with E-state index in [-0.39, 0.29) is 28.3 Å². The number of carboxylic acid groups (broad SMARTS) is 1. The number of fused-ring (bicyclic) bond motifs is 1. The maximum atomic E-state index is 12.7. The van der Waals surface area contributed by atoms with Gasteiger partial charge in [-0.25, -0.2) is 17.9 Å². The molecule has 2 aliphatic rings. The topological polar surface area (TPSA) is 267 Å². The third-order valence-electron chi connectivity index (χ3n) is 7.37. The number of hydrogen-bond donors (Lipinski definition) is 5. The van der Waals surface area contributed by atoms with Crippen LogP contribution in [0.4, 0.5) is 11.5 Å². The van der Waals surface area contributed by atoms with Gasteiger partial charge in [-0.2, -0.15) is 9.97 Å².